The maximum atomic E-state index is 5.87. The second-order valence-electron chi connectivity index (χ2n) is 4.35. The summed E-state index contributed by atoms with van der Waals surface area (Å²) in [5, 5.41) is 0. The summed E-state index contributed by atoms with van der Waals surface area (Å²) in [6, 6.07) is 0.220. The molecule has 0 fully saturated rings. The topological polar surface area (TPSA) is 44.5 Å². The molecule has 4 heteroatoms. The van der Waals surface area contributed by atoms with Crippen LogP contribution >= 0.6 is 0 Å². The first kappa shape index (κ1) is 15.1. The van der Waals surface area contributed by atoms with Crippen molar-refractivity contribution in [1.82, 2.24) is 0 Å². The third-order valence-electron chi connectivity index (χ3n) is 2.61. The Labute approximate surface area is 95.9 Å². The van der Waals surface area contributed by atoms with E-state index >= 15 is 0 Å². The van der Waals surface area contributed by atoms with Gasteiger partial charge in [0.15, 0.2) is 0 Å². The zero-order valence-corrected chi connectivity index (χ0v) is 12.0. The van der Waals surface area contributed by atoms with Gasteiger partial charge < -0.3 is 15.2 Å². The Morgan fingerprint density at radius 2 is 1.67 bits per heavy atom. The van der Waals surface area contributed by atoms with Crippen molar-refractivity contribution in [2.24, 2.45) is 5.73 Å². The van der Waals surface area contributed by atoms with Gasteiger partial charge in [-0.25, -0.2) is 0 Å². The maximum Gasteiger partial charge on any atom is 0.147 e. The molecule has 0 rings (SSSR count). The molecule has 0 aromatic rings. The van der Waals surface area contributed by atoms with Crippen LogP contribution in [0.4, 0.5) is 0 Å². The Morgan fingerprint density at radius 3 is 1.93 bits per heavy atom. The van der Waals surface area contributed by atoms with E-state index in [-0.39, 0.29) is 11.5 Å². The standard InChI is InChI=1S/C11H27NO2Si/c1-6-13-11(14-7-2,15(4)5)9-8-10(3)12/h10,15H,6-9,12H2,1-5H3. The van der Waals surface area contributed by atoms with E-state index in [1.807, 2.05) is 20.8 Å². The van der Waals surface area contributed by atoms with E-state index in [1.54, 1.807) is 0 Å². The molecule has 0 saturated carbocycles. The molecule has 0 saturated heterocycles. The fraction of sp³-hybridized carbons (Fsp3) is 1.00. The molecule has 1 atom stereocenters. The van der Waals surface area contributed by atoms with Gasteiger partial charge >= 0.3 is 0 Å². The minimum absolute atomic E-state index is 0.220. The van der Waals surface area contributed by atoms with Gasteiger partial charge in [-0.05, 0) is 33.6 Å². The molecule has 0 aliphatic rings. The summed E-state index contributed by atoms with van der Waals surface area (Å²) < 4.78 is 11.7. The zero-order chi connectivity index (χ0) is 11.9. The first-order chi connectivity index (χ1) is 6.98. The van der Waals surface area contributed by atoms with Gasteiger partial charge in [-0.1, -0.05) is 13.1 Å². The van der Waals surface area contributed by atoms with Crippen molar-refractivity contribution in [3.05, 3.63) is 0 Å². The molecule has 15 heavy (non-hydrogen) atoms. The second kappa shape index (κ2) is 7.38. The molecule has 0 bridgehead atoms. The third-order valence-corrected chi connectivity index (χ3v) is 4.99. The number of rotatable bonds is 8. The first-order valence-corrected chi connectivity index (χ1v) is 8.90. The van der Waals surface area contributed by atoms with E-state index in [2.05, 4.69) is 13.1 Å². The molecule has 0 radical (unpaired) electrons. The predicted molar refractivity (Wildman–Crippen MR) is 67.7 cm³/mol. The fourth-order valence-corrected chi connectivity index (χ4v) is 3.47. The van der Waals surface area contributed by atoms with E-state index in [4.69, 9.17) is 15.2 Å². The molecule has 0 aromatic heterocycles. The van der Waals surface area contributed by atoms with Crippen LogP contribution in [0.15, 0.2) is 0 Å². The lowest BCUT2D eigenvalue weighted by Gasteiger charge is -2.37. The summed E-state index contributed by atoms with van der Waals surface area (Å²) in [5.41, 5.74) is 5.49. The summed E-state index contributed by atoms with van der Waals surface area (Å²) in [5.74, 6) is 0. The summed E-state index contributed by atoms with van der Waals surface area (Å²) >= 11 is 0. The minimum Gasteiger partial charge on any atom is -0.354 e. The lowest BCUT2D eigenvalue weighted by atomic mass is 10.2. The monoisotopic (exact) mass is 233 g/mol. The van der Waals surface area contributed by atoms with Crippen LogP contribution in [0.3, 0.4) is 0 Å². The van der Waals surface area contributed by atoms with E-state index in [0.29, 0.717) is 13.2 Å². The van der Waals surface area contributed by atoms with Crippen molar-refractivity contribution in [2.75, 3.05) is 13.2 Å². The molecule has 92 valence electrons. The van der Waals surface area contributed by atoms with Gasteiger partial charge in [0.05, 0.1) is 0 Å². The van der Waals surface area contributed by atoms with Crippen LogP contribution < -0.4 is 5.73 Å². The Bertz CT molecular complexity index is 157. The second-order valence-corrected chi connectivity index (χ2v) is 7.54. The predicted octanol–water partition coefficient (Wildman–Crippen LogP) is 1.91. The van der Waals surface area contributed by atoms with Crippen molar-refractivity contribution in [3.63, 3.8) is 0 Å². The van der Waals surface area contributed by atoms with Crippen LogP contribution in [0.2, 0.25) is 13.1 Å². The number of nitrogens with two attached hydrogens (primary N) is 1. The number of hydrogen-bond acceptors (Lipinski definition) is 3. The van der Waals surface area contributed by atoms with Crippen LogP contribution in [0.1, 0.15) is 33.6 Å². The lowest BCUT2D eigenvalue weighted by molar-refractivity contribution is -0.182. The maximum absolute atomic E-state index is 5.87. The Hall–Kier alpha value is 0.0969. The van der Waals surface area contributed by atoms with Gasteiger partial charge in [-0.3, -0.25) is 0 Å². The van der Waals surface area contributed by atoms with E-state index in [1.165, 1.54) is 0 Å². The van der Waals surface area contributed by atoms with Crippen molar-refractivity contribution >= 4 is 8.80 Å². The van der Waals surface area contributed by atoms with Crippen LogP contribution in [-0.2, 0) is 9.47 Å². The Kier molecular flexibility index (Phi) is 7.43. The fourth-order valence-electron chi connectivity index (χ4n) is 1.73. The molecule has 0 aliphatic carbocycles. The highest BCUT2D eigenvalue weighted by Gasteiger charge is 2.35. The molecular weight excluding hydrogens is 206 g/mol. The van der Waals surface area contributed by atoms with Crippen molar-refractivity contribution in [3.8, 4) is 0 Å². The number of ether oxygens (including phenoxy) is 2. The van der Waals surface area contributed by atoms with E-state index in [0.717, 1.165) is 12.8 Å². The average molecular weight is 233 g/mol. The van der Waals surface area contributed by atoms with Crippen LogP contribution in [-0.4, -0.2) is 33.5 Å². The highest BCUT2D eigenvalue weighted by atomic mass is 28.3. The molecule has 2 N–H and O–H groups in total. The summed E-state index contributed by atoms with van der Waals surface area (Å²) in [4.78, 5) is 0. The minimum atomic E-state index is -1.02. The lowest BCUT2D eigenvalue weighted by Crippen LogP contribution is -2.48. The molecule has 0 aliphatic heterocycles. The third kappa shape index (κ3) is 5.11. The SMILES string of the molecule is CCOC(CCC(C)N)(OCC)[SiH](C)C. The van der Waals surface area contributed by atoms with Gasteiger partial charge in [0.2, 0.25) is 0 Å². The van der Waals surface area contributed by atoms with Crippen LogP contribution in [0.5, 0.6) is 0 Å². The van der Waals surface area contributed by atoms with Gasteiger partial charge in [-0.2, -0.15) is 0 Å². The van der Waals surface area contributed by atoms with E-state index < -0.39 is 8.80 Å². The molecular formula is C11H27NO2Si. The molecule has 0 aromatic carbocycles. The molecule has 3 nitrogen and oxygen atoms in total. The summed E-state index contributed by atoms with van der Waals surface area (Å²) in [6.07, 6.45) is 1.89. The van der Waals surface area contributed by atoms with Gasteiger partial charge in [0.1, 0.15) is 14.2 Å². The molecule has 0 spiro atoms. The largest absolute Gasteiger partial charge is 0.354 e. The Morgan fingerprint density at radius 1 is 1.20 bits per heavy atom. The van der Waals surface area contributed by atoms with Crippen LogP contribution in [0.25, 0.3) is 0 Å². The average Bonchev–Trinajstić information content (AvgIpc) is 2.14. The van der Waals surface area contributed by atoms with Crippen molar-refractivity contribution < 1.29 is 9.47 Å². The smallest absolute Gasteiger partial charge is 0.147 e. The first-order valence-electron chi connectivity index (χ1n) is 6.02. The zero-order valence-electron chi connectivity index (χ0n) is 10.9. The van der Waals surface area contributed by atoms with Gasteiger partial charge in [0, 0.05) is 19.3 Å². The normalized spacial score (nSPS) is 14.6. The van der Waals surface area contributed by atoms with Gasteiger partial charge in [-0.15, -0.1) is 0 Å². The summed E-state index contributed by atoms with van der Waals surface area (Å²) in [6.45, 7) is 12.0. The van der Waals surface area contributed by atoms with Crippen LogP contribution in [0, 0.1) is 0 Å². The van der Waals surface area contributed by atoms with Crippen molar-refractivity contribution in [2.45, 2.75) is 58.2 Å². The molecule has 0 heterocycles. The highest BCUT2D eigenvalue weighted by molar-refractivity contribution is 6.58. The highest BCUT2D eigenvalue weighted by Crippen LogP contribution is 2.24. The Balaban J connectivity index is 4.46. The molecule has 0 amide bonds. The van der Waals surface area contributed by atoms with Gasteiger partial charge in [0.25, 0.3) is 0 Å². The van der Waals surface area contributed by atoms with E-state index in [9.17, 15) is 0 Å². The molecule has 1 unspecified atom stereocenters. The number of hydrogen-bond donors (Lipinski definition) is 1. The summed E-state index contributed by atoms with van der Waals surface area (Å²) in [7, 11) is -1.02. The van der Waals surface area contributed by atoms with Crippen molar-refractivity contribution in [1.29, 1.82) is 0 Å². The quantitative estimate of drug-likeness (QED) is 0.514.